The highest BCUT2D eigenvalue weighted by molar-refractivity contribution is 6.04. The Balaban J connectivity index is 2.16. The Labute approximate surface area is 178 Å². The van der Waals surface area contributed by atoms with Gasteiger partial charge in [-0.25, -0.2) is 13.6 Å². The second-order valence-electron chi connectivity index (χ2n) is 8.46. The van der Waals surface area contributed by atoms with Gasteiger partial charge in [-0.1, -0.05) is 32.9 Å². The zero-order valence-electron chi connectivity index (χ0n) is 17.3. The summed E-state index contributed by atoms with van der Waals surface area (Å²) in [7, 11) is 0. The molecular formula is C25H21F2NO3. The fourth-order valence-corrected chi connectivity index (χ4v) is 4.02. The molecule has 0 saturated carbocycles. The standard InChI is InChI=1S/C25H21F2NO3/c1-25(2,3)23-21(14-7-12-17(24(30)31)18(27)13-14)22-19(5-4-6-20(22)29)28(23)16-10-8-15(26)9-11-16/h4-13,29H,1-3H3,(H,30,31). The second kappa shape index (κ2) is 7.23. The lowest BCUT2D eigenvalue weighted by Crippen LogP contribution is -2.18. The van der Waals surface area contributed by atoms with Crippen molar-refractivity contribution in [3.8, 4) is 22.6 Å². The number of halogens is 2. The van der Waals surface area contributed by atoms with Crippen molar-refractivity contribution in [2.24, 2.45) is 0 Å². The highest BCUT2D eigenvalue weighted by Gasteiger charge is 2.30. The summed E-state index contributed by atoms with van der Waals surface area (Å²) in [5, 5.41) is 20.5. The molecule has 6 heteroatoms. The summed E-state index contributed by atoms with van der Waals surface area (Å²) < 4.78 is 30.1. The first kappa shape index (κ1) is 20.6. The van der Waals surface area contributed by atoms with Crippen molar-refractivity contribution in [3.63, 3.8) is 0 Å². The number of rotatable bonds is 3. The third kappa shape index (κ3) is 3.44. The third-order valence-corrected chi connectivity index (χ3v) is 5.26. The molecule has 0 aliphatic rings. The van der Waals surface area contributed by atoms with Gasteiger partial charge in [0.1, 0.15) is 17.4 Å². The Kier molecular flexibility index (Phi) is 4.81. The van der Waals surface area contributed by atoms with Crippen molar-refractivity contribution in [2.45, 2.75) is 26.2 Å². The van der Waals surface area contributed by atoms with E-state index in [2.05, 4.69) is 0 Å². The number of fused-ring (bicyclic) bond motifs is 1. The van der Waals surface area contributed by atoms with Crippen LogP contribution >= 0.6 is 0 Å². The summed E-state index contributed by atoms with van der Waals surface area (Å²) in [6, 6.07) is 15.0. The van der Waals surface area contributed by atoms with Gasteiger partial charge in [0.25, 0.3) is 0 Å². The van der Waals surface area contributed by atoms with Crippen molar-refractivity contribution in [1.82, 2.24) is 4.57 Å². The van der Waals surface area contributed by atoms with Crippen LogP contribution < -0.4 is 0 Å². The molecule has 0 saturated heterocycles. The first-order valence-corrected chi connectivity index (χ1v) is 9.75. The predicted octanol–water partition coefficient (Wildman–Crippen LogP) is 6.28. The van der Waals surface area contributed by atoms with Gasteiger partial charge >= 0.3 is 5.97 Å². The molecule has 4 rings (SSSR count). The van der Waals surface area contributed by atoms with Gasteiger partial charge in [-0.3, -0.25) is 0 Å². The molecule has 0 atom stereocenters. The van der Waals surface area contributed by atoms with E-state index in [1.807, 2.05) is 31.4 Å². The van der Waals surface area contributed by atoms with Crippen molar-refractivity contribution in [2.75, 3.05) is 0 Å². The van der Waals surface area contributed by atoms with Crippen molar-refractivity contribution in [1.29, 1.82) is 0 Å². The molecule has 3 aromatic carbocycles. The number of aromatic nitrogens is 1. The average molecular weight is 421 g/mol. The molecule has 0 amide bonds. The Morgan fingerprint density at radius 1 is 0.968 bits per heavy atom. The van der Waals surface area contributed by atoms with Crippen LogP contribution in [0.2, 0.25) is 0 Å². The molecule has 31 heavy (non-hydrogen) atoms. The Bertz CT molecular complexity index is 1320. The van der Waals surface area contributed by atoms with Crippen molar-refractivity contribution >= 4 is 16.9 Å². The van der Waals surface area contributed by atoms with Crippen LogP contribution in [-0.2, 0) is 5.41 Å². The van der Waals surface area contributed by atoms with Crippen molar-refractivity contribution < 1.29 is 23.8 Å². The van der Waals surface area contributed by atoms with Crippen LogP contribution in [0.1, 0.15) is 36.8 Å². The summed E-state index contributed by atoms with van der Waals surface area (Å²) in [6.45, 7) is 5.97. The number of phenolic OH excluding ortho intramolecular Hbond substituents is 1. The number of hydrogen-bond donors (Lipinski definition) is 2. The van der Waals surface area contributed by atoms with Crippen LogP contribution in [-0.4, -0.2) is 20.7 Å². The zero-order valence-corrected chi connectivity index (χ0v) is 17.3. The summed E-state index contributed by atoms with van der Waals surface area (Å²) in [4.78, 5) is 11.3. The number of carboxylic acids is 1. The van der Waals surface area contributed by atoms with Gasteiger partial charge in [-0.15, -0.1) is 0 Å². The largest absolute Gasteiger partial charge is 0.507 e. The molecule has 0 aliphatic heterocycles. The van der Waals surface area contributed by atoms with E-state index in [4.69, 9.17) is 0 Å². The van der Waals surface area contributed by atoms with Crippen LogP contribution in [0.3, 0.4) is 0 Å². The Morgan fingerprint density at radius 2 is 1.65 bits per heavy atom. The molecule has 0 bridgehead atoms. The number of hydrogen-bond acceptors (Lipinski definition) is 2. The lowest BCUT2D eigenvalue weighted by atomic mass is 9.85. The number of nitrogens with zero attached hydrogens (tertiary/aromatic N) is 1. The maximum atomic E-state index is 14.6. The zero-order chi connectivity index (χ0) is 22.5. The molecule has 0 radical (unpaired) electrons. The van der Waals surface area contributed by atoms with E-state index >= 15 is 0 Å². The Morgan fingerprint density at radius 3 is 2.23 bits per heavy atom. The number of carboxylic acid groups (broad SMARTS) is 1. The van der Waals surface area contributed by atoms with Crippen LogP contribution in [0.15, 0.2) is 60.7 Å². The fraction of sp³-hybridized carbons (Fsp3) is 0.160. The minimum absolute atomic E-state index is 0.0154. The normalized spacial score (nSPS) is 11.8. The Hall–Kier alpha value is -3.67. The second-order valence-corrected chi connectivity index (χ2v) is 8.46. The molecule has 0 spiro atoms. The quantitative estimate of drug-likeness (QED) is 0.409. The van der Waals surface area contributed by atoms with E-state index in [0.717, 1.165) is 5.69 Å². The van der Waals surface area contributed by atoms with Gasteiger partial charge in [-0.05, 0) is 54.1 Å². The van der Waals surface area contributed by atoms with Gasteiger partial charge in [0.15, 0.2) is 0 Å². The number of aromatic hydroxyl groups is 1. The van der Waals surface area contributed by atoms with Gasteiger partial charge in [0.2, 0.25) is 0 Å². The first-order chi connectivity index (χ1) is 14.6. The first-order valence-electron chi connectivity index (χ1n) is 9.75. The topological polar surface area (TPSA) is 62.5 Å². The number of benzene rings is 3. The van der Waals surface area contributed by atoms with Crippen LogP contribution in [0, 0.1) is 11.6 Å². The molecule has 1 aromatic heterocycles. The van der Waals surface area contributed by atoms with Crippen molar-refractivity contribution in [3.05, 3.63) is 83.6 Å². The van der Waals surface area contributed by atoms with Crippen LogP contribution in [0.5, 0.6) is 5.75 Å². The van der Waals surface area contributed by atoms with Gasteiger partial charge in [0, 0.05) is 27.7 Å². The molecule has 4 aromatic rings. The molecule has 0 aliphatic carbocycles. The number of carbonyl (C=O) groups is 1. The van der Waals surface area contributed by atoms with E-state index < -0.39 is 22.8 Å². The summed E-state index contributed by atoms with van der Waals surface area (Å²) >= 11 is 0. The SMILES string of the molecule is CC(C)(C)c1c(-c2ccc(C(=O)O)c(F)c2)c2c(O)cccc2n1-c1ccc(F)cc1. The van der Waals surface area contributed by atoms with E-state index in [1.54, 1.807) is 24.3 Å². The molecule has 2 N–H and O–H groups in total. The van der Waals surface area contributed by atoms with E-state index in [0.29, 0.717) is 27.7 Å². The van der Waals surface area contributed by atoms with Crippen LogP contribution in [0.25, 0.3) is 27.7 Å². The lowest BCUT2D eigenvalue weighted by molar-refractivity contribution is 0.0692. The number of phenols is 1. The fourth-order valence-electron chi connectivity index (χ4n) is 4.02. The molecule has 158 valence electrons. The number of aromatic carboxylic acids is 1. The highest BCUT2D eigenvalue weighted by atomic mass is 19.1. The van der Waals surface area contributed by atoms with Crippen LogP contribution in [0.4, 0.5) is 8.78 Å². The monoisotopic (exact) mass is 421 g/mol. The molecule has 4 nitrogen and oxygen atoms in total. The predicted molar refractivity (Wildman–Crippen MR) is 116 cm³/mol. The molecule has 0 unspecified atom stereocenters. The van der Waals surface area contributed by atoms with E-state index in [9.17, 15) is 23.8 Å². The van der Waals surface area contributed by atoms with E-state index in [-0.39, 0.29) is 11.6 Å². The van der Waals surface area contributed by atoms with E-state index in [1.165, 1.54) is 30.3 Å². The average Bonchev–Trinajstić information content (AvgIpc) is 3.05. The minimum Gasteiger partial charge on any atom is -0.507 e. The molecule has 1 heterocycles. The van der Waals surface area contributed by atoms with Gasteiger partial charge in [0.05, 0.1) is 11.1 Å². The molecule has 0 fully saturated rings. The van der Waals surface area contributed by atoms with Gasteiger partial charge in [-0.2, -0.15) is 0 Å². The summed E-state index contributed by atoms with van der Waals surface area (Å²) in [5.41, 5.74) is 2.30. The minimum atomic E-state index is -1.35. The maximum absolute atomic E-state index is 14.6. The smallest absolute Gasteiger partial charge is 0.338 e. The third-order valence-electron chi connectivity index (χ3n) is 5.26. The summed E-state index contributed by atoms with van der Waals surface area (Å²) in [5.74, 6) is -2.56. The summed E-state index contributed by atoms with van der Waals surface area (Å²) in [6.07, 6.45) is 0. The molecular weight excluding hydrogens is 400 g/mol. The van der Waals surface area contributed by atoms with Gasteiger partial charge < -0.3 is 14.8 Å². The lowest BCUT2D eigenvalue weighted by Gasteiger charge is -2.24. The maximum Gasteiger partial charge on any atom is 0.338 e. The highest BCUT2D eigenvalue weighted by Crippen LogP contribution is 2.45.